The Bertz CT molecular complexity index is 822. The standard InChI is InChI=1S/C18H15ClN4O/c19-17-8-4-7-15(22-17)12-20-14-9-10-16(21-11-14)18(24)23-13-5-2-1-3-6-13/h1-11,20H,12H2,(H,23,24). The number of nitrogens with zero attached hydrogens (tertiary/aromatic N) is 2. The van der Waals surface area contributed by atoms with E-state index < -0.39 is 0 Å². The van der Waals surface area contributed by atoms with E-state index in [1.54, 1.807) is 24.4 Å². The van der Waals surface area contributed by atoms with Crippen LogP contribution in [0, 0.1) is 0 Å². The number of carbonyl (C=O) groups excluding carboxylic acids is 1. The second-order valence-corrected chi connectivity index (χ2v) is 5.44. The fourth-order valence-corrected chi connectivity index (χ4v) is 2.27. The molecule has 120 valence electrons. The van der Waals surface area contributed by atoms with Crippen LogP contribution in [0.15, 0.2) is 66.9 Å². The molecule has 0 unspecified atom stereocenters. The molecule has 1 amide bonds. The van der Waals surface area contributed by atoms with Gasteiger partial charge in [-0.1, -0.05) is 35.9 Å². The highest BCUT2D eigenvalue weighted by Crippen LogP contribution is 2.12. The topological polar surface area (TPSA) is 66.9 Å². The smallest absolute Gasteiger partial charge is 0.274 e. The summed E-state index contributed by atoms with van der Waals surface area (Å²) >= 11 is 5.85. The molecule has 2 heterocycles. The quantitative estimate of drug-likeness (QED) is 0.690. The van der Waals surface area contributed by atoms with Gasteiger partial charge in [0.1, 0.15) is 10.8 Å². The number of para-hydroxylation sites is 1. The van der Waals surface area contributed by atoms with Crippen molar-refractivity contribution in [1.29, 1.82) is 0 Å². The summed E-state index contributed by atoms with van der Waals surface area (Å²) in [5.74, 6) is -0.246. The summed E-state index contributed by atoms with van der Waals surface area (Å²) in [5.41, 5.74) is 2.71. The Kier molecular flexibility index (Phi) is 5.03. The Hall–Kier alpha value is -2.92. The largest absolute Gasteiger partial charge is 0.378 e. The molecule has 3 rings (SSSR count). The van der Waals surface area contributed by atoms with E-state index in [-0.39, 0.29) is 5.91 Å². The summed E-state index contributed by atoms with van der Waals surface area (Å²) in [6, 6.07) is 18.2. The molecular weight excluding hydrogens is 324 g/mol. The van der Waals surface area contributed by atoms with Crippen molar-refractivity contribution < 1.29 is 4.79 Å². The van der Waals surface area contributed by atoms with E-state index in [1.165, 1.54) is 0 Å². The minimum atomic E-state index is -0.246. The number of aromatic nitrogens is 2. The Labute approximate surface area is 144 Å². The molecule has 2 aromatic heterocycles. The molecule has 0 aliphatic heterocycles. The van der Waals surface area contributed by atoms with Gasteiger partial charge in [0.05, 0.1) is 24.1 Å². The fraction of sp³-hybridized carbons (Fsp3) is 0.0556. The summed E-state index contributed by atoms with van der Waals surface area (Å²) in [5, 5.41) is 6.44. The summed E-state index contributed by atoms with van der Waals surface area (Å²) in [7, 11) is 0. The Balaban J connectivity index is 1.59. The van der Waals surface area contributed by atoms with Gasteiger partial charge in [-0.25, -0.2) is 9.97 Å². The number of anilines is 2. The van der Waals surface area contributed by atoms with Crippen LogP contribution in [0.2, 0.25) is 5.15 Å². The van der Waals surface area contributed by atoms with Crippen LogP contribution >= 0.6 is 11.6 Å². The molecule has 0 atom stereocenters. The molecule has 0 radical (unpaired) electrons. The molecule has 0 saturated heterocycles. The third-order valence-electron chi connectivity index (χ3n) is 3.27. The highest BCUT2D eigenvalue weighted by atomic mass is 35.5. The SMILES string of the molecule is O=C(Nc1ccccc1)c1ccc(NCc2cccc(Cl)n2)cn1. The van der Waals surface area contributed by atoms with Crippen molar-refractivity contribution in [3.05, 3.63) is 83.4 Å². The van der Waals surface area contributed by atoms with Crippen molar-refractivity contribution in [3.8, 4) is 0 Å². The zero-order chi connectivity index (χ0) is 16.8. The minimum Gasteiger partial charge on any atom is -0.378 e. The number of benzene rings is 1. The fourth-order valence-electron chi connectivity index (χ4n) is 2.09. The summed E-state index contributed by atoms with van der Waals surface area (Å²) in [4.78, 5) is 20.5. The van der Waals surface area contributed by atoms with Crippen LogP contribution in [0.5, 0.6) is 0 Å². The second kappa shape index (κ2) is 7.57. The van der Waals surface area contributed by atoms with Gasteiger partial charge in [0.15, 0.2) is 0 Å². The van der Waals surface area contributed by atoms with E-state index >= 15 is 0 Å². The molecule has 2 N–H and O–H groups in total. The van der Waals surface area contributed by atoms with Gasteiger partial charge in [0.25, 0.3) is 5.91 Å². The van der Waals surface area contributed by atoms with Gasteiger partial charge in [-0.3, -0.25) is 4.79 Å². The molecule has 0 spiro atoms. The van der Waals surface area contributed by atoms with E-state index in [4.69, 9.17) is 11.6 Å². The average Bonchev–Trinajstić information content (AvgIpc) is 2.61. The average molecular weight is 339 g/mol. The summed E-state index contributed by atoms with van der Waals surface area (Å²) in [6.07, 6.45) is 1.62. The van der Waals surface area contributed by atoms with Crippen molar-refractivity contribution in [2.24, 2.45) is 0 Å². The van der Waals surface area contributed by atoms with Crippen LogP contribution in [0.3, 0.4) is 0 Å². The highest BCUT2D eigenvalue weighted by Gasteiger charge is 2.07. The number of carbonyl (C=O) groups is 1. The van der Waals surface area contributed by atoms with Crippen molar-refractivity contribution in [3.63, 3.8) is 0 Å². The van der Waals surface area contributed by atoms with Crippen LogP contribution < -0.4 is 10.6 Å². The third-order valence-corrected chi connectivity index (χ3v) is 3.48. The predicted octanol–water partition coefficient (Wildman–Crippen LogP) is 3.99. The van der Waals surface area contributed by atoms with Gasteiger partial charge in [-0.15, -0.1) is 0 Å². The van der Waals surface area contributed by atoms with Crippen LogP contribution in [0.25, 0.3) is 0 Å². The third kappa shape index (κ3) is 4.30. The van der Waals surface area contributed by atoms with E-state index in [1.807, 2.05) is 42.5 Å². The summed E-state index contributed by atoms with van der Waals surface area (Å²) < 4.78 is 0. The van der Waals surface area contributed by atoms with Gasteiger partial charge < -0.3 is 10.6 Å². The lowest BCUT2D eigenvalue weighted by Crippen LogP contribution is -2.13. The van der Waals surface area contributed by atoms with Crippen LogP contribution in [0.1, 0.15) is 16.2 Å². The van der Waals surface area contributed by atoms with Crippen LogP contribution in [-0.4, -0.2) is 15.9 Å². The monoisotopic (exact) mass is 338 g/mol. The highest BCUT2D eigenvalue weighted by molar-refractivity contribution is 6.29. The molecule has 5 nitrogen and oxygen atoms in total. The maximum Gasteiger partial charge on any atom is 0.274 e. The van der Waals surface area contributed by atoms with E-state index in [2.05, 4.69) is 20.6 Å². The molecular formula is C18H15ClN4O. The lowest BCUT2D eigenvalue weighted by atomic mass is 10.2. The van der Waals surface area contributed by atoms with Crippen molar-refractivity contribution in [2.75, 3.05) is 10.6 Å². The number of hydrogen-bond donors (Lipinski definition) is 2. The van der Waals surface area contributed by atoms with E-state index in [0.717, 1.165) is 17.1 Å². The van der Waals surface area contributed by atoms with Crippen molar-refractivity contribution in [1.82, 2.24) is 9.97 Å². The van der Waals surface area contributed by atoms with E-state index in [0.29, 0.717) is 17.4 Å². The summed E-state index contributed by atoms with van der Waals surface area (Å²) in [6.45, 7) is 0.526. The van der Waals surface area contributed by atoms with Crippen molar-refractivity contribution in [2.45, 2.75) is 6.54 Å². The Morgan fingerprint density at radius 2 is 1.79 bits per heavy atom. The zero-order valence-corrected chi connectivity index (χ0v) is 13.5. The molecule has 0 aliphatic rings. The molecule has 3 aromatic rings. The first-order valence-electron chi connectivity index (χ1n) is 7.38. The lowest BCUT2D eigenvalue weighted by Gasteiger charge is -2.07. The van der Waals surface area contributed by atoms with Gasteiger partial charge in [-0.05, 0) is 36.4 Å². The van der Waals surface area contributed by atoms with Crippen LogP contribution in [0.4, 0.5) is 11.4 Å². The molecule has 1 aromatic carbocycles. The van der Waals surface area contributed by atoms with E-state index in [9.17, 15) is 4.79 Å². The number of rotatable bonds is 5. The first-order valence-corrected chi connectivity index (χ1v) is 7.76. The predicted molar refractivity (Wildman–Crippen MR) is 95.2 cm³/mol. The molecule has 0 fully saturated rings. The number of amides is 1. The number of nitrogens with one attached hydrogen (secondary N) is 2. The first kappa shape index (κ1) is 16.0. The lowest BCUT2D eigenvalue weighted by molar-refractivity contribution is 0.102. The number of hydrogen-bond acceptors (Lipinski definition) is 4. The number of halogens is 1. The van der Waals surface area contributed by atoms with Gasteiger partial charge in [0, 0.05) is 5.69 Å². The number of pyridine rings is 2. The minimum absolute atomic E-state index is 0.246. The Morgan fingerprint density at radius 3 is 2.50 bits per heavy atom. The molecule has 0 aliphatic carbocycles. The molecule has 0 saturated carbocycles. The Morgan fingerprint density at radius 1 is 0.958 bits per heavy atom. The van der Waals surface area contributed by atoms with Crippen LogP contribution in [-0.2, 0) is 6.54 Å². The molecule has 6 heteroatoms. The van der Waals surface area contributed by atoms with Gasteiger partial charge in [-0.2, -0.15) is 0 Å². The normalized spacial score (nSPS) is 10.2. The molecule has 24 heavy (non-hydrogen) atoms. The zero-order valence-electron chi connectivity index (χ0n) is 12.7. The maximum absolute atomic E-state index is 12.1. The molecule has 0 bridgehead atoms. The van der Waals surface area contributed by atoms with Gasteiger partial charge in [0.2, 0.25) is 0 Å². The second-order valence-electron chi connectivity index (χ2n) is 5.06. The van der Waals surface area contributed by atoms with Gasteiger partial charge >= 0.3 is 0 Å². The maximum atomic E-state index is 12.1. The van der Waals surface area contributed by atoms with Crippen molar-refractivity contribution >= 4 is 28.9 Å². The first-order chi connectivity index (χ1) is 11.7.